The van der Waals surface area contributed by atoms with E-state index in [0.717, 1.165) is 19.3 Å². The van der Waals surface area contributed by atoms with Crippen molar-refractivity contribution < 1.29 is 9.59 Å². The zero-order chi connectivity index (χ0) is 16.9. The van der Waals surface area contributed by atoms with Gasteiger partial charge in [-0.25, -0.2) is 0 Å². The predicted molar refractivity (Wildman–Crippen MR) is 81.5 cm³/mol. The fourth-order valence-corrected chi connectivity index (χ4v) is 4.99. The zero-order valence-corrected chi connectivity index (χ0v) is 13.7. The maximum atomic E-state index is 12.8. The number of hydrogen-bond donors (Lipinski definition) is 1. The van der Waals surface area contributed by atoms with E-state index in [0.29, 0.717) is 25.9 Å². The molecular formula is C17H22N4O2. The minimum absolute atomic E-state index is 0.0649. The fraction of sp³-hybridized carbons (Fsp3) is 0.765. The number of imide groups is 1. The van der Waals surface area contributed by atoms with E-state index >= 15 is 0 Å². The molecule has 6 heteroatoms. The maximum Gasteiger partial charge on any atom is 0.249 e. The fourth-order valence-electron chi connectivity index (χ4n) is 4.99. The molecule has 1 saturated carbocycles. The van der Waals surface area contributed by atoms with Crippen LogP contribution in [-0.2, 0) is 9.59 Å². The van der Waals surface area contributed by atoms with Crippen LogP contribution < -0.4 is 5.32 Å². The average Bonchev–Trinajstić information content (AvgIpc) is 2.54. The van der Waals surface area contributed by atoms with E-state index in [1.54, 1.807) is 0 Å². The second kappa shape index (κ2) is 5.04. The smallest absolute Gasteiger partial charge is 0.249 e. The molecule has 1 aliphatic carbocycles. The molecule has 0 aromatic heterocycles. The van der Waals surface area contributed by atoms with Crippen LogP contribution in [0.1, 0.15) is 46.0 Å². The summed E-state index contributed by atoms with van der Waals surface area (Å²) in [6.45, 7) is 4.52. The number of carbonyl (C=O) groups excluding carboxylic acids is 2. The molecule has 2 saturated heterocycles. The summed E-state index contributed by atoms with van der Waals surface area (Å²) in [7, 11) is 0. The van der Waals surface area contributed by atoms with Crippen LogP contribution >= 0.6 is 0 Å². The third kappa shape index (κ3) is 1.70. The van der Waals surface area contributed by atoms with Crippen molar-refractivity contribution in [3.63, 3.8) is 0 Å². The van der Waals surface area contributed by atoms with Gasteiger partial charge in [0.2, 0.25) is 11.8 Å². The van der Waals surface area contributed by atoms with Crippen molar-refractivity contribution in [3.8, 4) is 12.1 Å². The normalized spacial score (nSPS) is 36.4. The summed E-state index contributed by atoms with van der Waals surface area (Å²) < 4.78 is 0. The molecule has 0 radical (unpaired) electrons. The Balaban J connectivity index is 2.27. The van der Waals surface area contributed by atoms with E-state index in [1.807, 2.05) is 18.7 Å². The first-order chi connectivity index (χ1) is 10.9. The number of piperidine rings is 2. The molecule has 2 unspecified atom stereocenters. The Morgan fingerprint density at radius 2 is 1.48 bits per heavy atom. The Labute approximate surface area is 136 Å². The number of carbonyl (C=O) groups is 2. The van der Waals surface area contributed by atoms with Crippen molar-refractivity contribution in [1.82, 2.24) is 10.2 Å². The molecule has 1 N–H and O–H groups in total. The maximum absolute atomic E-state index is 12.8. The van der Waals surface area contributed by atoms with E-state index in [4.69, 9.17) is 0 Å². The Kier molecular flexibility index (Phi) is 3.50. The first-order valence-corrected chi connectivity index (χ1v) is 8.32. The molecule has 2 atom stereocenters. The molecule has 3 rings (SSSR count). The second-order valence-electron chi connectivity index (χ2n) is 7.46. The third-order valence-electron chi connectivity index (χ3n) is 6.34. The standard InChI is InChI=1S/C17H22N4O2/c1-12(2)21-10-15(8-18)13(22)20-14(23)16(9-19,11-21)17(15)6-4-3-5-7-17/h12H,3-7,10-11H2,1-2H3,(H,20,22,23). The van der Waals surface area contributed by atoms with E-state index in [9.17, 15) is 20.1 Å². The van der Waals surface area contributed by atoms with Crippen molar-refractivity contribution in [2.75, 3.05) is 13.1 Å². The number of rotatable bonds is 1. The van der Waals surface area contributed by atoms with Crippen LogP contribution in [0, 0.1) is 38.9 Å². The summed E-state index contributed by atoms with van der Waals surface area (Å²) in [5, 5.41) is 22.4. The van der Waals surface area contributed by atoms with Gasteiger partial charge in [-0.3, -0.25) is 19.8 Å². The molecular weight excluding hydrogens is 292 g/mol. The first kappa shape index (κ1) is 16.0. The highest BCUT2D eigenvalue weighted by Crippen LogP contribution is 2.64. The molecule has 6 nitrogen and oxygen atoms in total. The number of nitriles is 2. The Hall–Kier alpha value is -1.92. The van der Waals surface area contributed by atoms with Crippen LogP contribution in [0.15, 0.2) is 0 Å². The number of nitrogens with zero attached hydrogens (tertiary/aromatic N) is 3. The molecule has 2 bridgehead atoms. The van der Waals surface area contributed by atoms with Crippen LogP contribution in [0.25, 0.3) is 0 Å². The summed E-state index contributed by atoms with van der Waals surface area (Å²) in [5.41, 5.74) is -3.49. The van der Waals surface area contributed by atoms with Gasteiger partial charge in [0.1, 0.15) is 0 Å². The quantitative estimate of drug-likeness (QED) is 0.737. The summed E-state index contributed by atoms with van der Waals surface area (Å²) in [6, 6.07) is 4.60. The molecule has 23 heavy (non-hydrogen) atoms. The van der Waals surface area contributed by atoms with E-state index in [2.05, 4.69) is 17.5 Å². The van der Waals surface area contributed by atoms with Gasteiger partial charge in [-0.05, 0) is 26.7 Å². The lowest BCUT2D eigenvalue weighted by Gasteiger charge is -2.63. The summed E-state index contributed by atoms with van der Waals surface area (Å²) >= 11 is 0. The Morgan fingerprint density at radius 1 is 1.00 bits per heavy atom. The van der Waals surface area contributed by atoms with E-state index < -0.39 is 28.1 Å². The average molecular weight is 314 g/mol. The van der Waals surface area contributed by atoms with Crippen molar-refractivity contribution in [2.45, 2.75) is 52.0 Å². The van der Waals surface area contributed by atoms with E-state index in [1.165, 1.54) is 0 Å². The topological polar surface area (TPSA) is 97.0 Å². The number of likely N-dealkylation sites (tertiary alicyclic amines) is 1. The molecule has 3 fully saturated rings. The molecule has 2 aliphatic heterocycles. The lowest BCUT2D eigenvalue weighted by atomic mass is 9.42. The number of nitrogens with one attached hydrogen (secondary N) is 1. The molecule has 2 heterocycles. The van der Waals surface area contributed by atoms with Crippen molar-refractivity contribution >= 4 is 11.8 Å². The molecule has 1 spiro atoms. The third-order valence-corrected chi connectivity index (χ3v) is 6.34. The van der Waals surface area contributed by atoms with Crippen LogP contribution in [0.5, 0.6) is 0 Å². The minimum atomic E-state index is -1.32. The van der Waals surface area contributed by atoms with Gasteiger partial charge in [-0.2, -0.15) is 10.5 Å². The van der Waals surface area contributed by atoms with Gasteiger partial charge in [0, 0.05) is 24.5 Å². The molecule has 0 aromatic rings. The summed E-state index contributed by atoms with van der Waals surface area (Å²) in [5.74, 6) is -1.02. The van der Waals surface area contributed by atoms with E-state index in [-0.39, 0.29) is 6.04 Å². The van der Waals surface area contributed by atoms with Gasteiger partial charge in [0.25, 0.3) is 0 Å². The van der Waals surface area contributed by atoms with Gasteiger partial charge < -0.3 is 0 Å². The number of amides is 2. The van der Waals surface area contributed by atoms with Crippen LogP contribution in [0.4, 0.5) is 0 Å². The zero-order valence-electron chi connectivity index (χ0n) is 13.7. The van der Waals surface area contributed by atoms with Crippen molar-refractivity contribution in [3.05, 3.63) is 0 Å². The highest BCUT2D eigenvalue weighted by molar-refractivity contribution is 6.08. The van der Waals surface area contributed by atoms with Crippen LogP contribution in [-0.4, -0.2) is 35.8 Å². The van der Waals surface area contributed by atoms with Gasteiger partial charge in [-0.1, -0.05) is 19.3 Å². The highest BCUT2D eigenvalue weighted by atomic mass is 16.2. The monoisotopic (exact) mass is 314 g/mol. The van der Waals surface area contributed by atoms with Gasteiger partial charge in [0.15, 0.2) is 10.8 Å². The van der Waals surface area contributed by atoms with Crippen molar-refractivity contribution in [2.24, 2.45) is 16.2 Å². The van der Waals surface area contributed by atoms with Crippen molar-refractivity contribution in [1.29, 1.82) is 10.5 Å². The lowest BCUT2D eigenvalue weighted by Crippen LogP contribution is -2.78. The van der Waals surface area contributed by atoms with Crippen LogP contribution in [0.3, 0.4) is 0 Å². The van der Waals surface area contributed by atoms with Crippen LogP contribution in [0.2, 0.25) is 0 Å². The summed E-state index contributed by atoms with van der Waals surface area (Å²) in [4.78, 5) is 27.5. The first-order valence-electron chi connectivity index (χ1n) is 8.32. The molecule has 0 aromatic carbocycles. The Bertz CT molecular complexity index is 594. The predicted octanol–water partition coefficient (Wildman–Crippen LogP) is 1.34. The molecule has 2 amide bonds. The SMILES string of the molecule is CC(C)N1CC2(C#N)C(=O)NC(=O)C(C#N)(C1)C21CCCCC1. The second-order valence-corrected chi connectivity index (χ2v) is 7.46. The highest BCUT2D eigenvalue weighted by Gasteiger charge is 2.76. The minimum Gasteiger partial charge on any atom is -0.297 e. The van der Waals surface area contributed by atoms with Gasteiger partial charge in [-0.15, -0.1) is 0 Å². The largest absolute Gasteiger partial charge is 0.297 e. The van der Waals surface area contributed by atoms with Gasteiger partial charge in [0.05, 0.1) is 12.1 Å². The Morgan fingerprint density at radius 3 is 1.87 bits per heavy atom. The molecule has 122 valence electrons. The van der Waals surface area contributed by atoms with Gasteiger partial charge >= 0.3 is 0 Å². The molecule has 3 aliphatic rings. The number of hydrogen-bond acceptors (Lipinski definition) is 5. The summed E-state index contributed by atoms with van der Waals surface area (Å²) in [6.07, 6.45) is 3.93. The lowest BCUT2D eigenvalue weighted by molar-refractivity contribution is -0.187.